The molecule has 2 N–H and O–H groups in total. The maximum Gasteiger partial charge on any atom is 0.230 e. The molecule has 0 aliphatic heterocycles. The second-order valence-electron chi connectivity index (χ2n) is 6.29. The smallest absolute Gasteiger partial charge is 0.230 e. The van der Waals surface area contributed by atoms with Crippen LogP contribution in [0.2, 0.25) is 0 Å². The molecule has 7 nitrogen and oxygen atoms in total. The van der Waals surface area contributed by atoms with Crippen LogP contribution >= 0.6 is 11.3 Å². The quantitative estimate of drug-likeness (QED) is 0.753. The summed E-state index contributed by atoms with van der Waals surface area (Å²) >= 11 is 1.60. The van der Waals surface area contributed by atoms with Gasteiger partial charge in [0.2, 0.25) is 5.95 Å². The highest BCUT2D eigenvalue weighted by atomic mass is 32.1. The van der Waals surface area contributed by atoms with Crippen LogP contribution in [0.15, 0.2) is 12.4 Å². The zero-order valence-corrected chi connectivity index (χ0v) is 14.7. The summed E-state index contributed by atoms with van der Waals surface area (Å²) in [5, 5.41) is 12.0. The van der Waals surface area contributed by atoms with E-state index in [0.717, 1.165) is 26.9 Å². The molecule has 4 rings (SSSR count). The third kappa shape index (κ3) is 3.19. The first-order valence-corrected chi connectivity index (χ1v) is 9.16. The van der Waals surface area contributed by atoms with Gasteiger partial charge in [-0.1, -0.05) is 30.6 Å². The Morgan fingerprint density at radius 1 is 1.17 bits per heavy atom. The van der Waals surface area contributed by atoms with Crippen molar-refractivity contribution >= 4 is 39.1 Å². The Bertz CT molecular complexity index is 847. The molecule has 3 aromatic rings. The van der Waals surface area contributed by atoms with Crippen molar-refractivity contribution in [1.29, 1.82) is 0 Å². The Labute approximate surface area is 144 Å². The third-order valence-corrected chi connectivity index (χ3v) is 5.14. The summed E-state index contributed by atoms with van der Waals surface area (Å²) in [5.41, 5.74) is 1.75. The second-order valence-corrected chi connectivity index (χ2v) is 7.47. The number of thiazole rings is 1. The Kier molecular flexibility index (Phi) is 4.05. The van der Waals surface area contributed by atoms with Gasteiger partial charge in [0.25, 0.3) is 0 Å². The first kappa shape index (κ1) is 15.3. The van der Waals surface area contributed by atoms with E-state index < -0.39 is 0 Å². The van der Waals surface area contributed by atoms with Crippen LogP contribution in [-0.4, -0.2) is 30.8 Å². The molecule has 24 heavy (non-hydrogen) atoms. The van der Waals surface area contributed by atoms with Crippen LogP contribution in [0.3, 0.4) is 0 Å². The van der Waals surface area contributed by atoms with Crippen molar-refractivity contribution in [3.63, 3.8) is 0 Å². The SMILES string of the molecule is Cc1nc2c(NC3CCCCC3)nc(Nc3cnn(C)c3)nc2s1. The predicted molar refractivity (Wildman–Crippen MR) is 96.9 cm³/mol. The van der Waals surface area contributed by atoms with Gasteiger partial charge in [0, 0.05) is 19.3 Å². The summed E-state index contributed by atoms with van der Waals surface area (Å²) in [6, 6.07) is 0.477. The van der Waals surface area contributed by atoms with E-state index in [4.69, 9.17) is 0 Å². The number of aryl methyl sites for hydroxylation is 2. The molecule has 1 aliphatic rings. The van der Waals surface area contributed by atoms with E-state index in [2.05, 4.69) is 30.7 Å². The zero-order chi connectivity index (χ0) is 16.5. The van der Waals surface area contributed by atoms with Crippen molar-refractivity contribution in [2.24, 2.45) is 7.05 Å². The lowest BCUT2D eigenvalue weighted by molar-refractivity contribution is 0.462. The van der Waals surface area contributed by atoms with E-state index in [1.807, 2.05) is 20.2 Å². The zero-order valence-electron chi connectivity index (χ0n) is 13.9. The fourth-order valence-electron chi connectivity index (χ4n) is 3.14. The molecule has 126 valence electrons. The number of rotatable bonds is 4. The number of anilines is 3. The first-order chi connectivity index (χ1) is 11.7. The molecule has 0 unspecified atom stereocenters. The maximum absolute atomic E-state index is 4.69. The van der Waals surface area contributed by atoms with E-state index in [1.165, 1.54) is 32.1 Å². The minimum absolute atomic E-state index is 0.477. The second kappa shape index (κ2) is 6.35. The Hall–Kier alpha value is -2.22. The van der Waals surface area contributed by atoms with Crippen molar-refractivity contribution in [2.45, 2.75) is 45.1 Å². The largest absolute Gasteiger partial charge is 0.365 e. The monoisotopic (exact) mass is 343 g/mol. The van der Waals surface area contributed by atoms with Crippen LogP contribution in [0.1, 0.15) is 37.1 Å². The van der Waals surface area contributed by atoms with Crippen molar-refractivity contribution in [1.82, 2.24) is 24.7 Å². The van der Waals surface area contributed by atoms with E-state index in [-0.39, 0.29) is 0 Å². The van der Waals surface area contributed by atoms with Gasteiger partial charge in [-0.05, 0) is 19.8 Å². The van der Waals surface area contributed by atoms with Gasteiger partial charge in [-0.2, -0.15) is 15.1 Å². The van der Waals surface area contributed by atoms with Crippen molar-refractivity contribution in [3.05, 3.63) is 17.4 Å². The van der Waals surface area contributed by atoms with Gasteiger partial charge in [0.05, 0.1) is 16.9 Å². The van der Waals surface area contributed by atoms with Gasteiger partial charge < -0.3 is 10.6 Å². The summed E-state index contributed by atoms with van der Waals surface area (Å²) in [6.45, 7) is 2.00. The normalized spacial score (nSPS) is 15.8. The van der Waals surface area contributed by atoms with Crippen molar-refractivity contribution in [3.8, 4) is 0 Å². The molecular weight excluding hydrogens is 322 g/mol. The van der Waals surface area contributed by atoms with Gasteiger partial charge in [-0.15, -0.1) is 0 Å². The number of nitrogens with zero attached hydrogens (tertiary/aromatic N) is 5. The van der Waals surface area contributed by atoms with Crippen LogP contribution in [0.4, 0.5) is 17.5 Å². The van der Waals surface area contributed by atoms with Crippen LogP contribution in [-0.2, 0) is 7.05 Å². The molecule has 0 radical (unpaired) electrons. The first-order valence-electron chi connectivity index (χ1n) is 8.35. The molecule has 1 aliphatic carbocycles. The topological polar surface area (TPSA) is 80.5 Å². The lowest BCUT2D eigenvalue weighted by Crippen LogP contribution is -2.23. The van der Waals surface area contributed by atoms with Gasteiger partial charge in [0.1, 0.15) is 5.52 Å². The average Bonchev–Trinajstić information content (AvgIpc) is 3.13. The standard InChI is InChI=1S/C16H21N7S/c1-10-18-13-14(19-11-6-4-3-5-7-11)21-16(22-15(13)24-10)20-12-8-17-23(2)9-12/h8-9,11H,3-7H2,1-2H3,(H2,19,20,21,22). The highest BCUT2D eigenvalue weighted by Gasteiger charge is 2.18. The molecule has 0 atom stereocenters. The molecule has 0 saturated heterocycles. The molecule has 3 heterocycles. The Morgan fingerprint density at radius 3 is 2.75 bits per heavy atom. The maximum atomic E-state index is 4.69. The van der Waals surface area contributed by atoms with E-state index in [9.17, 15) is 0 Å². The predicted octanol–water partition coefficient (Wildman–Crippen LogP) is 3.62. The molecule has 0 bridgehead atoms. The van der Waals surface area contributed by atoms with Gasteiger partial charge >= 0.3 is 0 Å². The van der Waals surface area contributed by atoms with E-state index >= 15 is 0 Å². The van der Waals surface area contributed by atoms with Crippen LogP contribution in [0, 0.1) is 6.92 Å². The Morgan fingerprint density at radius 2 is 2.00 bits per heavy atom. The summed E-state index contributed by atoms with van der Waals surface area (Å²) in [4.78, 5) is 14.8. The highest BCUT2D eigenvalue weighted by molar-refractivity contribution is 7.18. The molecule has 0 aromatic carbocycles. The summed E-state index contributed by atoms with van der Waals surface area (Å²) < 4.78 is 1.75. The van der Waals surface area contributed by atoms with Crippen LogP contribution < -0.4 is 10.6 Å². The molecule has 0 spiro atoms. The van der Waals surface area contributed by atoms with Gasteiger partial charge in [-0.25, -0.2) is 4.98 Å². The third-order valence-electron chi connectivity index (χ3n) is 4.27. The van der Waals surface area contributed by atoms with E-state index in [0.29, 0.717) is 12.0 Å². The lowest BCUT2D eigenvalue weighted by atomic mass is 9.95. The number of hydrogen-bond donors (Lipinski definition) is 2. The molecule has 3 aromatic heterocycles. The molecule has 1 fully saturated rings. The Balaban J connectivity index is 1.67. The highest BCUT2D eigenvalue weighted by Crippen LogP contribution is 2.29. The molecular formula is C16H21N7S. The molecule has 8 heteroatoms. The minimum Gasteiger partial charge on any atom is -0.365 e. The molecule has 0 amide bonds. The number of aromatic nitrogens is 5. The fraction of sp³-hybridized carbons (Fsp3) is 0.500. The van der Waals surface area contributed by atoms with Gasteiger partial charge in [-0.3, -0.25) is 4.68 Å². The number of fused-ring (bicyclic) bond motifs is 1. The van der Waals surface area contributed by atoms with E-state index in [1.54, 1.807) is 22.2 Å². The lowest BCUT2D eigenvalue weighted by Gasteiger charge is -2.23. The number of nitrogens with one attached hydrogen (secondary N) is 2. The summed E-state index contributed by atoms with van der Waals surface area (Å²) in [5.74, 6) is 1.42. The van der Waals surface area contributed by atoms with Gasteiger partial charge in [0.15, 0.2) is 10.6 Å². The van der Waals surface area contributed by atoms with Crippen LogP contribution in [0.5, 0.6) is 0 Å². The van der Waals surface area contributed by atoms with Crippen LogP contribution in [0.25, 0.3) is 10.3 Å². The average molecular weight is 343 g/mol. The van der Waals surface area contributed by atoms with Crippen molar-refractivity contribution in [2.75, 3.05) is 10.6 Å². The molecule has 1 saturated carbocycles. The summed E-state index contributed by atoms with van der Waals surface area (Å²) in [7, 11) is 1.89. The minimum atomic E-state index is 0.477. The van der Waals surface area contributed by atoms with Crippen molar-refractivity contribution < 1.29 is 0 Å². The fourth-order valence-corrected chi connectivity index (χ4v) is 3.93. The number of hydrogen-bond acceptors (Lipinski definition) is 7. The summed E-state index contributed by atoms with van der Waals surface area (Å²) in [6.07, 6.45) is 9.95.